The van der Waals surface area contributed by atoms with Crippen LogP contribution in [-0.4, -0.2) is 15.1 Å². The molecule has 82 valence electrons. The maximum absolute atomic E-state index is 13.4. The van der Waals surface area contributed by atoms with Crippen LogP contribution in [0.4, 0.5) is 4.39 Å². The summed E-state index contributed by atoms with van der Waals surface area (Å²) in [6.45, 7) is 1.85. The molecule has 1 heterocycles. The average Bonchev–Trinajstić information content (AvgIpc) is 2.30. The van der Waals surface area contributed by atoms with E-state index in [2.05, 4.69) is 9.97 Å². The monoisotopic (exact) mass is 218 g/mol. The van der Waals surface area contributed by atoms with Gasteiger partial charge in [-0.05, 0) is 18.6 Å². The van der Waals surface area contributed by atoms with E-state index in [9.17, 15) is 9.50 Å². The molecule has 0 bridgehead atoms. The molecule has 16 heavy (non-hydrogen) atoms. The van der Waals surface area contributed by atoms with Crippen molar-refractivity contribution in [3.63, 3.8) is 0 Å². The lowest BCUT2D eigenvalue weighted by Gasteiger charge is -2.10. The van der Waals surface area contributed by atoms with Crippen molar-refractivity contribution in [3.05, 3.63) is 59.4 Å². The number of benzene rings is 1. The number of aliphatic hydroxyl groups is 1. The quantitative estimate of drug-likeness (QED) is 0.838. The van der Waals surface area contributed by atoms with Crippen LogP contribution in [-0.2, 0) is 0 Å². The van der Waals surface area contributed by atoms with Crippen LogP contribution in [0.25, 0.3) is 0 Å². The Morgan fingerprint density at radius 1 is 1.19 bits per heavy atom. The fourth-order valence-corrected chi connectivity index (χ4v) is 1.38. The fraction of sp³-hybridized carbons (Fsp3) is 0.167. The number of nitrogens with zero attached hydrogens (tertiary/aromatic N) is 2. The van der Waals surface area contributed by atoms with Crippen molar-refractivity contribution < 1.29 is 9.50 Å². The SMILES string of the molecule is Cc1cnc(C(O)c2ccccc2F)nc1. The number of hydrogen-bond acceptors (Lipinski definition) is 3. The largest absolute Gasteiger partial charge is 0.380 e. The summed E-state index contributed by atoms with van der Waals surface area (Å²) < 4.78 is 13.4. The molecule has 3 nitrogen and oxygen atoms in total. The Hall–Kier alpha value is -1.81. The molecule has 0 aliphatic rings. The number of halogens is 1. The van der Waals surface area contributed by atoms with Crippen LogP contribution in [0.5, 0.6) is 0 Å². The molecule has 1 aromatic carbocycles. The van der Waals surface area contributed by atoms with E-state index >= 15 is 0 Å². The topological polar surface area (TPSA) is 46.0 Å². The molecule has 0 aliphatic carbocycles. The van der Waals surface area contributed by atoms with Gasteiger partial charge in [0.15, 0.2) is 5.82 Å². The summed E-state index contributed by atoms with van der Waals surface area (Å²) >= 11 is 0. The van der Waals surface area contributed by atoms with E-state index in [1.165, 1.54) is 12.1 Å². The van der Waals surface area contributed by atoms with Gasteiger partial charge in [0.25, 0.3) is 0 Å². The second kappa shape index (κ2) is 4.37. The summed E-state index contributed by atoms with van der Waals surface area (Å²) in [5, 5.41) is 9.90. The third kappa shape index (κ3) is 2.06. The first-order chi connectivity index (χ1) is 7.68. The maximum atomic E-state index is 13.4. The molecule has 0 spiro atoms. The Bertz CT molecular complexity index is 485. The van der Waals surface area contributed by atoms with Crippen molar-refractivity contribution >= 4 is 0 Å². The molecule has 1 N–H and O–H groups in total. The molecule has 0 radical (unpaired) electrons. The third-order valence-corrected chi connectivity index (χ3v) is 2.25. The van der Waals surface area contributed by atoms with Gasteiger partial charge >= 0.3 is 0 Å². The second-order valence-electron chi connectivity index (χ2n) is 3.54. The number of rotatable bonds is 2. The van der Waals surface area contributed by atoms with E-state index in [1.807, 2.05) is 6.92 Å². The Labute approximate surface area is 92.6 Å². The van der Waals surface area contributed by atoms with Crippen LogP contribution in [0.3, 0.4) is 0 Å². The summed E-state index contributed by atoms with van der Waals surface area (Å²) in [5.41, 5.74) is 1.08. The summed E-state index contributed by atoms with van der Waals surface area (Å²) in [5.74, 6) is -0.255. The number of hydrogen-bond donors (Lipinski definition) is 1. The highest BCUT2D eigenvalue weighted by molar-refractivity contribution is 5.24. The molecule has 2 rings (SSSR count). The van der Waals surface area contributed by atoms with Gasteiger partial charge in [-0.3, -0.25) is 0 Å². The van der Waals surface area contributed by atoms with Gasteiger partial charge < -0.3 is 5.11 Å². The standard InChI is InChI=1S/C12H11FN2O/c1-8-6-14-12(15-7-8)11(16)9-4-2-3-5-10(9)13/h2-7,11,16H,1H3. The molecule has 1 unspecified atom stereocenters. The summed E-state index contributed by atoms with van der Waals surface area (Å²) in [4.78, 5) is 7.94. The minimum Gasteiger partial charge on any atom is -0.380 e. The Kier molecular flexibility index (Phi) is 2.92. The van der Waals surface area contributed by atoms with Gasteiger partial charge in [0.1, 0.15) is 11.9 Å². The molecule has 0 aliphatic heterocycles. The van der Waals surface area contributed by atoms with E-state index < -0.39 is 11.9 Å². The number of aryl methyl sites for hydroxylation is 1. The highest BCUT2D eigenvalue weighted by Crippen LogP contribution is 2.20. The Balaban J connectivity index is 2.35. The normalized spacial score (nSPS) is 12.4. The summed E-state index contributed by atoms with van der Waals surface area (Å²) in [6.07, 6.45) is 2.06. The van der Waals surface area contributed by atoms with Crippen molar-refractivity contribution in [1.82, 2.24) is 9.97 Å². The minimum absolute atomic E-state index is 0.186. The first kappa shape index (κ1) is 10.7. The van der Waals surface area contributed by atoms with Crippen LogP contribution in [0, 0.1) is 12.7 Å². The van der Waals surface area contributed by atoms with Crippen molar-refractivity contribution in [2.75, 3.05) is 0 Å². The van der Waals surface area contributed by atoms with Crippen molar-refractivity contribution in [3.8, 4) is 0 Å². The van der Waals surface area contributed by atoms with Gasteiger partial charge in [-0.1, -0.05) is 18.2 Å². The van der Waals surface area contributed by atoms with Gasteiger partial charge in [-0.15, -0.1) is 0 Å². The molecular formula is C12H11FN2O. The molecule has 2 aromatic rings. The lowest BCUT2D eigenvalue weighted by Crippen LogP contribution is -2.07. The summed E-state index contributed by atoms with van der Waals surface area (Å²) in [6, 6.07) is 6.05. The maximum Gasteiger partial charge on any atom is 0.161 e. The predicted octanol–water partition coefficient (Wildman–Crippen LogP) is 2.01. The fourth-order valence-electron chi connectivity index (χ4n) is 1.38. The van der Waals surface area contributed by atoms with E-state index in [0.717, 1.165) is 5.56 Å². The first-order valence-electron chi connectivity index (χ1n) is 4.89. The van der Waals surface area contributed by atoms with E-state index in [0.29, 0.717) is 0 Å². The average molecular weight is 218 g/mol. The lowest BCUT2D eigenvalue weighted by atomic mass is 10.1. The van der Waals surface area contributed by atoms with E-state index in [4.69, 9.17) is 0 Å². The highest BCUT2D eigenvalue weighted by Gasteiger charge is 2.16. The zero-order chi connectivity index (χ0) is 11.5. The molecule has 0 saturated carbocycles. The molecule has 0 saturated heterocycles. The van der Waals surface area contributed by atoms with Crippen LogP contribution >= 0.6 is 0 Å². The lowest BCUT2D eigenvalue weighted by molar-refractivity contribution is 0.204. The van der Waals surface area contributed by atoms with Gasteiger partial charge in [-0.25, -0.2) is 14.4 Å². The first-order valence-corrected chi connectivity index (χ1v) is 4.89. The van der Waals surface area contributed by atoms with Crippen LogP contribution in [0.15, 0.2) is 36.7 Å². The number of aliphatic hydroxyl groups excluding tert-OH is 1. The van der Waals surface area contributed by atoms with Gasteiger partial charge in [0.2, 0.25) is 0 Å². The second-order valence-corrected chi connectivity index (χ2v) is 3.54. The zero-order valence-electron chi connectivity index (χ0n) is 8.76. The Morgan fingerprint density at radius 3 is 2.44 bits per heavy atom. The van der Waals surface area contributed by atoms with Crippen LogP contribution in [0.1, 0.15) is 23.1 Å². The van der Waals surface area contributed by atoms with E-state index in [1.54, 1.807) is 24.5 Å². The predicted molar refractivity (Wildman–Crippen MR) is 57.2 cm³/mol. The molecule has 0 amide bonds. The molecule has 1 aromatic heterocycles. The van der Waals surface area contributed by atoms with Crippen LogP contribution < -0.4 is 0 Å². The van der Waals surface area contributed by atoms with Crippen molar-refractivity contribution in [2.45, 2.75) is 13.0 Å². The smallest absolute Gasteiger partial charge is 0.161 e. The van der Waals surface area contributed by atoms with E-state index in [-0.39, 0.29) is 11.4 Å². The molecular weight excluding hydrogens is 207 g/mol. The molecule has 1 atom stereocenters. The van der Waals surface area contributed by atoms with Gasteiger partial charge in [0.05, 0.1) is 0 Å². The zero-order valence-corrected chi connectivity index (χ0v) is 8.76. The van der Waals surface area contributed by atoms with Crippen molar-refractivity contribution in [1.29, 1.82) is 0 Å². The molecule has 4 heteroatoms. The van der Waals surface area contributed by atoms with Gasteiger partial charge in [-0.2, -0.15) is 0 Å². The highest BCUT2D eigenvalue weighted by atomic mass is 19.1. The van der Waals surface area contributed by atoms with Crippen LogP contribution in [0.2, 0.25) is 0 Å². The molecule has 0 fully saturated rings. The van der Waals surface area contributed by atoms with Gasteiger partial charge in [0, 0.05) is 18.0 Å². The van der Waals surface area contributed by atoms with Crippen molar-refractivity contribution in [2.24, 2.45) is 0 Å². The summed E-state index contributed by atoms with van der Waals surface area (Å²) in [7, 11) is 0. The Morgan fingerprint density at radius 2 is 1.81 bits per heavy atom. The third-order valence-electron chi connectivity index (χ3n) is 2.25. The number of aromatic nitrogens is 2. The minimum atomic E-state index is -1.12.